The first kappa shape index (κ1) is 22.4. The highest BCUT2D eigenvalue weighted by Crippen LogP contribution is 2.61. The monoisotopic (exact) mass is 458 g/mol. The Balaban J connectivity index is 1.09. The number of rotatable bonds is 9. The lowest BCUT2D eigenvalue weighted by molar-refractivity contribution is -0.129. The molecule has 0 spiro atoms. The normalized spacial score (nSPS) is 34.6. The number of nitrogens with zero attached hydrogens (tertiary/aromatic N) is 1. The third-order valence-electron chi connectivity index (χ3n) is 8.45. The van der Waals surface area contributed by atoms with E-state index in [-0.39, 0.29) is 17.9 Å². The molecule has 6 rings (SSSR count). The van der Waals surface area contributed by atoms with Crippen LogP contribution < -0.4 is 10.1 Å². The third kappa shape index (κ3) is 4.77. The first-order valence-electron chi connectivity index (χ1n) is 12.7. The number of Topliss-reactive ketones (excluding diaryl/α,β-unsaturated/α-hetero) is 1. The molecular formula is C26H38N2O3S. The van der Waals surface area contributed by atoms with E-state index in [4.69, 9.17) is 4.74 Å². The maximum absolute atomic E-state index is 13.0. The Kier molecular flexibility index (Phi) is 6.36. The minimum Gasteiger partial charge on any atom is -0.484 e. The van der Waals surface area contributed by atoms with Gasteiger partial charge in [0.15, 0.2) is 5.06 Å². The number of nitrogens with one attached hydrogen (secondary N) is 1. The van der Waals surface area contributed by atoms with Crippen molar-refractivity contribution in [3.8, 4) is 5.06 Å². The van der Waals surface area contributed by atoms with Crippen molar-refractivity contribution >= 4 is 23.0 Å². The molecule has 1 aromatic heterocycles. The van der Waals surface area contributed by atoms with Crippen LogP contribution in [0.3, 0.4) is 0 Å². The van der Waals surface area contributed by atoms with Crippen molar-refractivity contribution < 1.29 is 14.3 Å². The Bertz CT molecular complexity index is 815. The number of likely N-dealkylation sites (tertiary alicyclic amines) is 1. The lowest BCUT2D eigenvalue weighted by atomic mass is 9.48. The van der Waals surface area contributed by atoms with Gasteiger partial charge in [-0.3, -0.25) is 14.5 Å². The highest BCUT2D eigenvalue weighted by Gasteiger charge is 2.51. The van der Waals surface area contributed by atoms with E-state index in [0.717, 1.165) is 47.1 Å². The van der Waals surface area contributed by atoms with E-state index in [2.05, 4.69) is 10.2 Å². The zero-order valence-electron chi connectivity index (χ0n) is 19.6. The fourth-order valence-electron chi connectivity index (χ4n) is 7.61. The average molecular weight is 459 g/mol. The first-order valence-corrected chi connectivity index (χ1v) is 13.5. The summed E-state index contributed by atoms with van der Waals surface area (Å²) in [6, 6.07) is 3.98. The van der Waals surface area contributed by atoms with Gasteiger partial charge in [-0.15, -0.1) is 11.3 Å². The molecule has 5 fully saturated rings. The minimum atomic E-state index is -0.0199. The Morgan fingerprint density at radius 1 is 1.19 bits per heavy atom. The lowest BCUT2D eigenvalue weighted by Crippen LogP contribution is -2.47. The van der Waals surface area contributed by atoms with Gasteiger partial charge in [-0.1, -0.05) is 0 Å². The van der Waals surface area contributed by atoms with E-state index < -0.39 is 0 Å². The molecule has 0 aromatic carbocycles. The van der Waals surface area contributed by atoms with Crippen LogP contribution in [0.4, 0.5) is 0 Å². The molecule has 2 atom stereocenters. The number of hydrogen-bond donors (Lipinski definition) is 1. The van der Waals surface area contributed by atoms with Crippen LogP contribution in [0.1, 0.15) is 76.1 Å². The standard InChI is InChI=1S/C26H38N2O3S/c1-3-31-24-5-4-23(32-24)17(2)27-25(30)21-6-7-28(15-21)16-22(29)14-26-11-18-8-19(12-26)10-20(9-18)13-26/h4-5,17-21H,3,6-16H2,1-2H3,(H,27,30)/t17-,18?,19?,20?,21-,26?/m1/s1. The molecule has 176 valence electrons. The van der Waals surface area contributed by atoms with Crippen LogP contribution >= 0.6 is 11.3 Å². The topological polar surface area (TPSA) is 58.6 Å². The van der Waals surface area contributed by atoms with Crippen LogP contribution in [0, 0.1) is 29.1 Å². The summed E-state index contributed by atoms with van der Waals surface area (Å²) in [6.07, 6.45) is 9.77. The molecule has 5 aliphatic rings. The van der Waals surface area contributed by atoms with E-state index in [1.54, 1.807) is 11.3 Å². The van der Waals surface area contributed by atoms with Crippen LogP contribution in [0.25, 0.3) is 0 Å². The number of thiophene rings is 1. The molecule has 32 heavy (non-hydrogen) atoms. The SMILES string of the molecule is CCOc1ccc([C@@H](C)NC(=O)[C@@H]2CCN(CC(=O)CC34CC5CC(CC(C5)C3)C4)C2)s1. The second-order valence-electron chi connectivity index (χ2n) is 11.2. The summed E-state index contributed by atoms with van der Waals surface area (Å²) < 4.78 is 5.55. The van der Waals surface area contributed by atoms with E-state index in [9.17, 15) is 9.59 Å². The average Bonchev–Trinajstić information content (AvgIpc) is 3.36. The Morgan fingerprint density at radius 3 is 2.53 bits per heavy atom. The molecule has 6 heteroatoms. The van der Waals surface area contributed by atoms with Gasteiger partial charge < -0.3 is 10.1 Å². The summed E-state index contributed by atoms with van der Waals surface area (Å²) in [5, 5.41) is 4.07. The maximum Gasteiger partial charge on any atom is 0.224 e. The van der Waals surface area contributed by atoms with E-state index in [0.29, 0.717) is 30.9 Å². The van der Waals surface area contributed by atoms with Gasteiger partial charge in [-0.2, -0.15) is 0 Å². The zero-order valence-corrected chi connectivity index (χ0v) is 20.4. The van der Waals surface area contributed by atoms with Gasteiger partial charge in [-0.05, 0) is 101 Å². The number of carbonyl (C=O) groups is 2. The molecule has 1 saturated heterocycles. The summed E-state index contributed by atoms with van der Waals surface area (Å²) in [6.45, 7) is 6.75. The highest BCUT2D eigenvalue weighted by atomic mass is 32.1. The van der Waals surface area contributed by atoms with Gasteiger partial charge in [-0.25, -0.2) is 0 Å². The Morgan fingerprint density at radius 2 is 1.88 bits per heavy atom. The van der Waals surface area contributed by atoms with E-state index >= 15 is 0 Å². The number of ketones is 1. The zero-order chi connectivity index (χ0) is 22.3. The third-order valence-corrected chi connectivity index (χ3v) is 9.64. The van der Waals surface area contributed by atoms with Crippen LogP contribution in [0.5, 0.6) is 5.06 Å². The smallest absolute Gasteiger partial charge is 0.224 e. The highest BCUT2D eigenvalue weighted by molar-refractivity contribution is 7.13. The first-order chi connectivity index (χ1) is 15.4. The van der Waals surface area contributed by atoms with Crippen molar-refractivity contribution in [3.63, 3.8) is 0 Å². The predicted octanol–water partition coefficient (Wildman–Crippen LogP) is 4.82. The van der Waals surface area contributed by atoms with Crippen LogP contribution in [0.15, 0.2) is 12.1 Å². The quantitative estimate of drug-likeness (QED) is 0.576. The molecule has 4 aliphatic carbocycles. The second kappa shape index (κ2) is 9.09. The Hall–Kier alpha value is -1.40. The number of carbonyl (C=O) groups excluding carboxylic acids is 2. The molecule has 4 bridgehead atoms. The van der Waals surface area contributed by atoms with Crippen LogP contribution in [-0.4, -0.2) is 42.8 Å². The van der Waals surface area contributed by atoms with E-state index in [1.165, 1.54) is 38.5 Å². The summed E-state index contributed by atoms with van der Waals surface area (Å²) in [5.41, 5.74) is 0.318. The van der Waals surface area contributed by atoms with Crippen molar-refractivity contribution in [3.05, 3.63) is 17.0 Å². The molecule has 0 unspecified atom stereocenters. The molecule has 0 radical (unpaired) electrons. The summed E-state index contributed by atoms with van der Waals surface area (Å²) in [7, 11) is 0. The molecule has 5 nitrogen and oxygen atoms in total. The summed E-state index contributed by atoms with van der Waals surface area (Å²) in [5.74, 6) is 3.18. The van der Waals surface area contributed by atoms with Crippen molar-refractivity contribution in [2.24, 2.45) is 29.1 Å². The molecule has 1 amide bonds. The number of hydrogen-bond acceptors (Lipinski definition) is 5. The second-order valence-corrected chi connectivity index (χ2v) is 12.3. The Labute approximate surface area is 196 Å². The largest absolute Gasteiger partial charge is 0.484 e. The van der Waals surface area contributed by atoms with Gasteiger partial charge >= 0.3 is 0 Å². The van der Waals surface area contributed by atoms with Crippen molar-refractivity contribution in [2.45, 2.75) is 71.3 Å². The van der Waals surface area contributed by atoms with Crippen molar-refractivity contribution in [2.75, 3.05) is 26.2 Å². The van der Waals surface area contributed by atoms with Gasteiger partial charge in [0, 0.05) is 17.8 Å². The van der Waals surface area contributed by atoms with E-state index in [1.807, 2.05) is 26.0 Å². The molecular weight excluding hydrogens is 420 g/mol. The summed E-state index contributed by atoms with van der Waals surface area (Å²) in [4.78, 5) is 29.2. The minimum absolute atomic E-state index is 0.0175. The molecule has 1 aliphatic heterocycles. The lowest BCUT2D eigenvalue weighted by Gasteiger charge is -2.56. The van der Waals surface area contributed by atoms with Crippen LogP contribution in [-0.2, 0) is 9.59 Å². The number of amides is 1. The van der Waals surface area contributed by atoms with Gasteiger partial charge in [0.05, 0.1) is 25.1 Å². The van der Waals surface area contributed by atoms with Crippen molar-refractivity contribution in [1.29, 1.82) is 0 Å². The summed E-state index contributed by atoms with van der Waals surface area (Å²) >= 11 is 1.59. The molecule has 1 N–H and O–H groups in total. The van der Waals surface area contributed by atoms with Gasteiger partial charge in [0.2, 0.25) is 5.91 Å². The predicted molar refractivity (Wildman–Crippen MR) is 127 cm³/mol. The maximum atomic E-state index is 13.0. The van der Waals surface area contributed by atoms with Gasteiger partial charge in [0.1, 0.15) is 5.78 Å². The fourth-order valence-corrected chi connectivity index (χ4v) is 8.53. The molecule has 1 aromatic rings. The van der Waals surface area contributed by atoms with Crippen LogP contribution in [0.2, 0.25) is 0 Å². The molecule has 4 saturated carbocycles. The molecule has 2 heterocycles. The van der Waals surface area contributed by atoms with Gasteiger partial charge in [0.25, 0.3) is 0 Å². The fraction of sp³-hybridized carbons (Fsp3) is 0.769. The van der Waals surface area contributed by atoms with Crippen molar-refractivity contribution in [1.82, 2.24) is 10.2 Å². The number of ether oxygens (including phenoxy) is 1.